The summed E-state index contributed by atoms with van der Waals surface area (Å²) in [5, 5.41) is 1.69. The van der Waals surface area contributed by atoms with Crippen molar-refractivity contribution in [3.05, 3.63) is 82.8 Å². The maximum absolute atomic E-state index is 14.5. The number of nitrogens with zero attached hydrogens (tertiary/aromatic N) is 1. The minimum absolute atomic E-state index is 0.268. The average molecular weight is 450 g/mol. The van der Waals surface area contributed by atoms with E-state index in [1.54, 1.807) is 35.6 Å². The van der Waals surface area contributed by atoms with Gasteiger partial charge in [0.25, 0.3) is 17.4 Å². The number of esters is 1. The average Bonchev–Trinajstić information content (AvgIpc) is 2.96. The van der Waals surface area contributed by atoms with Gasteiger partial charge in [-0.15, -0.1) is 0 Å². The van der Waals surface area contributed by atoms with E-state index in [2.05, 4.69) is 4.74 Å². The third-order valence-electron chi connectivity index (χ3n) is 5.11. The van der Waals surface area contributed by atoms with Gasteiger partial charge in [-0.25, -0.2) is 9.18 Å². The van der Waals surface area contributed by atoms with E-state index in [-0.39, 0.29) is 17.8 Å². The van der Waals surface area contributed by atoms with E-state index in [9.17, 15) is 31.9 Å². The zero-order valence-electron chi connectivity index (χ0n) is 17.0. The smallest absolute Gasteiger partial charge is 0.425 e. The minimum Gasteiger partial charge on any atom is -0.466 e. The molecule has 32 heavy (non-hydrogen) atoms. The van der Waals surface area contributed by atoms with Crippen molar-refractivity contribution in [3.63, 3.8) is 0 Å². The molecule has 1 N–H and O–H groups in total. The number of carbonyl (C=O) groups is 3. The van der Waals surface area contributed by atoms with Gasteiger partial charge in [0.1, 0.15) is 11.4 Å². The molecule has 3 rings (SSSR count). The number of rotatable bonds is 5. The van der Waals surface area contributed by atoms with E-state index >= 15 is 0 Å². The van der Waals surface area contributed by atoms with Gasteiger partial charge in [-0.1, -0.05) is 30.3 Å². The second-order valence-corrected chi connectivity index (χ2v) is 7.04. The van der Waals surface area contributed by atoms with Crippen LogP contribution in [0.25, 0.3) is 0 Å². The van der Waals surface area contributed by atoms with Gasteiger partial charge in [0.05, 0.1) is 13.7 Å². The summed E-state index contributed by atoms with van der Waals surface area (Å²) in [6.45, 7) is 0.904. The van der Waals surface area contributed by atoms with Crippen molar-refractivity contribution in [3.8, 4) is 0 Å². The first-order chi connectivity index (χ1) is 15.0. The Morgan fingerprint density at radius 1 is 1.06 bits per heavy atom. The molecule has 0 saturated heterocycles. The second-order valence-electron chi connectivity index (χ2n) is 7.04. The number of nitrogens with one attached hydrogen (secondary N) is 1. The van der Waals surface area contributed by atoms with Crippen LogP contribution >= 0.6 is 0 Å². The lowest BCUT2D eigenvalue weighted by Gasteiger charge is -2.33. The molecule has 0 unspecified atom stereocenters. The van der Waals surface area contributed by atoms with Crippen LogP contribution in [0, 0.1) is 5.82 Å². The molecule has 6 nitrogen and oxygen atoms in total. The summed E-state index contributed by atoms with van der Waals surface area (Å²) in [6.07, 6.45) is -5.39. The molecule has 0 fully saturated rings. The number of allylic oxidation sites excluding steroid dienone is 1. The van der Waals surface area contributed by atoms with Crippen LogP contribution in [-0.4, -0.2) is 41.5 Å². The summed E-state index contributed by atoms with van der Waals surface area (Å²) in [5.74, 6) is -4.99. The lowest BCUT2D eigenvalue weighted by molar-refractivity contribution is -0.192. The molecule has 168 valence electrons. The Hall–Kier alpha value is -3.69. The van der Waals surface area contributed by atoms with Crippen LogP contribution in [0.15, 0.2) is 65.9 Å². The van der Waals surface area contributed by atoms with Crippen molar-refractivity contribution >= 4 is 17.8 Å². The van der Waals surface area contributed by atoms with Crippen molar-refractivity contribution in [2.24, 2.45) is 0 Å². The first-order valence-electron chi connectivity index (χ1n) is 9.33. The molecule has 0 radical (unpaired) electrons. The number of halogens is 4. The van der Waals surface area contributed by atoms with Crippen molar-refractivity contribution < 1.29 is 36.7 Å². The van der Waals surface area contributed by atoms with Gasteiger partial charge in [0.15, 0.2) is 0 Å². The minimum atomic E-state index is -5.39. The standard InChI is InChI=1S/C22H18F4N2O4/c1-13-17(19(30)32-2)21(22(24,25)26,27-18(29)15-8-10-16(23)11-9-15)20(31)28(13)12-14-6-4-3-5-7-14/h3-11H,12H2,1-2H3,(H,27,29)/t21-/m0/s1. The third-order valence-corrected chi connectivity index (χ3v) is 5.11. The molecular formula is C22H18F4N2O4. The van der Waals surface area contributed by atoms with Crippen LogP contribution in [0.1, 0.15) is 22.8 Å². The molecule has 1 aliphatic heterocycles. The molecule has 2 aromatic rings. The van der Waals surface area contributed by atoms with Crippen molar-refractivity contribution in [2.75, 3.05) is 7.11 Å². The van der Waals surface area contributed by atoms with Gasteiger partial charge in [-0.05, 0) is 36.8 Å². The molecule has 0 spiro atoms. The lowest BCUT2D eigenvalue weighted by Crippen LogP contribution is -2.66. The van der Waals surface area contributed by atoms with Gasteiger partial charge in [-0.3, -0.25) is 9.59 Å². The van der Waals surface area contributed by atoms with Gasteiger partial charge >= 0.3 is 12.1 Å². The molecule has 10 heteroatoms. The maximum Gasteiger partial charge on any atom is 0.425 e. The lowest BCUT2D eigenvalue weighted by atomic mass is 9.88. The summed E-state index contributed by atoms with van der Waals surface area (Å²) in [6, 6.07) is 11.9. The zero-order valence-corrected chi connectivity index (χ0v) is 17.0. The molecule has 0 aromatic heterocycles. The topological polar surface area (TPSA) is 75.7 Å². The highest BCUT2D eigenvalue weighted by molar-refractivity contribution is 6.11. The Morgan fingerprint density at radius 3 is 2.19 bits per heavy atom. The molecule has 0 bridgehead atoms. The van der Waals surface area contributed by atoms with E-state index in [1.165, 1.54) is 6.92 Å². The third kappa shape index (κ3) is 3.83. The molecule has 2 amide bonds. The van der Waals surface area contributed by atoms with Gasteiger partial charge in [-0.2, -0.15) is 13.2 Å². The van der Waals surface area contributed by atoms with Crippen LogP contribution in [-0.2, 0) is 20.9 Å². The van der Waals surface area contributed by atoms with Crippen LogP contribution < -0.4 is 5.32 Å². The van der Waals surface area contributed by atoms with Crippen molar-refractivity contribution in [1.82, 2.24) is 10.2 Å². The fraction of sp³-hybridized carbons (Fsp3) is 0.227. The van der Waals surface area contributed by atoms with Crippen molar-refractivity contribution in [1.29, 1.82) is 0 Å². The SMILES string of the molecule is COC(=O)C1=C(C)N(Cc2ccccc2)C(=O)[C@]1(NC(=O)c1ccc(F)cc1)C(F)(F)F. The van der Waals surface area contributed by atoms with Gasteiger partial charge in [0, 0.05) is 11.3 Å². The molecule has 1 aliphatic rings. The normalized spacial score (nSPS) is 18.7. The first kappa shape index (κ1) is 23.0. The molecule has 2 aromatic carbocycles. The monoisotopic (exact) mass is 450 g/mol. The summed E-state index contributed by atoms with van der Waals surface area (Å²) in [4.78, 5) is 39.1. The fourth-order valence-corrected chi connectivity index (χ4v) is 3.52. The summed E-state index contributed by atoms with van der Waals surface area (Å²) in [5.41, 5.74) is -4.84. The molecule has 1 heterocycles. The number of hydrogen-bond donors (Lipinski definition) is 1. The van der Waals surface area contributed by atoms with Gasteiger partial charge in [0.2, 0.25) is 0 Å². The fourth-order valence-electron chi connectivity index (χ4n) is 3.52. The Morgan fingerprint density at radius 2 is 1.66 bits per heavy atom. The Bertz CT molecular complexity index is 1080. The van der Waals surface area contributed by atoms with E-state index < -0.39 is 40.9 Å². The number of benzene rings is 2. The number of alkyl halides is 3. The Kier molecular flexibility index (Phi) is 6.07. The van der Waals surface area contributed by atoms with E-state index in [0.717, 1.165) is 36.3 Å². The highest BCUT2D eigenvalue weighted by atomic mass is 19.4. The number of carbonyl (C=O) groups excluding carboxylic acids is 3. The first-order valence-corrected chi connectivity index (χ1v) is 9.33. The largest absolute Gasteiger partial charge is 0.466 e. The highest BCUT2D eigenvalue weighted by Crippen LogP contribution is 2.45. The Labute approximate surface area is 180 Å². The number of methoxy groups -OCH3 is 1. The predicted octanol–water partition coefficient (Wildman–Crippen LogP) is 3.35. The van der Waals surface area contributed by atoms with Crippen LogP contribution in [0.4, 0.5) is 17.6 Å². The van der Waals surface area contributed by atoms with E-state index in [1.807, 2.05) is 0 Å². The number of hydrogen-bond acceptors (Lipinski definition) is 4. The molecule has 0 saturated carbocycles. The van der Waals surface area contributed by atoms with E-state index in [0.29, 0.717) is 5.56 Å². The molecule has 1 atom stereocenters. The maximum atomic E-state index is 14.5. The van der Waals surface area contributed by atoms with Crippen LogP contribution in [0.2, 0.25) is 0 Å². The van der Waals surface area contributed by atoms with Crippen LogP contribution in [0.5, 0.6) is 0 Å². The zero-order chi connectivity index (χ0) is 23.7. The molecule has 0 aliphatic carbocycles. The van der Waals surface area contributed by atoms with Crippen molar-refractivity contribution in [2.45, 2.75) is 25.2 Å². The predicted molar refractivity (Wildman–Crippen MR) is 104 cm³/mol. The van der Waals surface area contributed by atoms with Crippen LogP contribution in [0.3, 0.4) is 0 Å². The van der Waals surface area contributed by atoms with Gasteiger partial charge < -0.3 is 15.0 Å². The summed E-state index contributed by atoms with van der Waals surface area (Å²) < 4.78 is 61.1. The summed E-state index contributed by atoms with van der Waals surface area (Å²) >= 11 is 0. The quantitative estimate of drug-likeness (QED) is 0.560. The molecular weight excluding hydrogens is 432 g/mol. The second kappa shape index (κ2) is 8.45. The number of ether oxygens (including phenoxy) is 1. The van der Waals surface area contributed by atoms with E-state index in [4.69, 9.17) is 0 Å². The highest BCUT2D eigenvalue weighted by Gasteiger charge is 2.70. The summed E-state index contributed by atoms with van der Waals surface area (Å²) in [7, 11) is 0.871. The Balaban J connectivity index is 2.13. The number of amides is 2.